The zero-order valence-corrected chi connectivity index (χ0v) is 16.0. The van der Waals surface area contributed by atoms with E-state index in [4.69, 9.17) is 0 Å². The largest absolute Gasteiger partial charge is 0.350 e. The van der Waals surface area contributed by atoms with Crippen LogP contribution in [0.4, 0.5) is 0 Å². The maximum absolute atomic E-state index is 12.7. The molecule has 0 spiro atoms. The van der Waals surface area contributed by atoms with Gasteiger partial charge in [-0.15, -0.1) is 11.3 Å². The summed E-state index contributed by atoms with van der Waals surface area (Å²) in [4.78, 5) is 17.0. The number of hydrogen-bond donors (Lipinski definition) is 2. The number of amides is 1. The molecule has 0 fully saturated rings. The normalized spacial score (nSPS) is 11.3. The Bertz CT molecular complexity index is 1080. The molecule has 2 aromatic carbocycles. The van der Waals surface area contributed by atoms with Crippen LogP contribution in [0.2, 0.25) is 0 Å². The zero-order chi connectivity index (χ0) is 17.9. The van der Waals surface area contributed by atoms with Gasteiger partial charge in [0, 0.05) is 25.8 Å². The molecule has 0 aliphatic rings. The van der Waals surface area contributed by atoms with Crippen molar-refractivity contribution in [1.29, 1.82) is 0 Å². The van der Waals surface area contributed by atoms with E-state index in [1.807, 2.05) is 66.0 Å². The lowest BCUT2D eigenvalue weighted by atomic mass is 10.1. The molecule has 4 nitrogen and oxygen atoms in total. The summed E-state index contributed by atoms with van der Waals surface area (Å²) in [7, 11) is 0. The Labute approximate surface area is 162 Å². The second-order valence-electron chi connectivity index (χ2n) is 5.65. The number of aromatic amines is 1. The monoisotopic (exact) mass is 423 g/mol. The number of thiophene rings is 1. The molecule has 4 aromatic rings. The molecular weight excluding hydrogens is 410 g/mol. The van der Waals surface area contributed by atoms with Gasteiger partial charge < -0.3 is 4.98 Å². The maximum Gasteiger partial charge on any atom is 0.288 e. The molecule has 0 unspecified atom stereocenters. The van der Waals surface area contributed by atoms with E-state index in [2.05, 4.69) is 31.4 Å². The van der Waals surface area contributed by atoms with Crippen molar-refractivity contribution in [3.63, 3.8) is 0 Å². The van der Waals surface area contributed by atoms with Crippen LogP contribution in [0, 0.1) is 0 Å². The predicted octanol–water partition coefficient (Wildman–Crippen LogP) is 5.42. The van der Waals surface area contributed by atoms with Gasteiger partial charge in [0.1, 0.15) is 5.69 Å². The van der Waals surface area contributed by atoms with E-state index in [9.17, 15) is 4.79 Å². The minimum atomic E-state index is -0.266. The van der Waals surface area contributed by atoms with Gasteiger partial charge in [-0.25, -0.2) is 5.43 Å². The Morgan fingerprint density at radius 3 is 2.65 bits per heavy atom. The standard InChI is InChI=1S/C20H14BrN3OS/c21-14-9-7-13(8-10-14)12-22-24-20(25)19-18(17-6-3-11-26-17)15-4-1-2-5-16(15)23-19/h1-12,23H,(H,24,25)/b22-12-. The summed E-state index contributed by atoms with van der Waals surface area (Å²) in [5, 5.41) is 7.11. The number of para-hydroxylation sites is 1. The molecule has 0 radical (unpaired) electrons. The van der Waals surface area contributed by atoms with E-state index in [1.165, 1.54) is 0 Å². The van der Waals surface area contributed by atoms with Crippen LogP contribution in [0.5, 0.6) is 0 Å². The molecule has 2 heterocycles. The van der Waals surface area contributed by atoms with Crippen molar-refractivity contribution < 1.29 is 4.79 Å². The highest BCUT2D eigenvalue weighted by atomic mass is 79.9. The van der Waals surface area contributed by atoms with Gasteiger partial charge in [0.15, 0.2) is 0 Å². The fraction of sp³-hybridized carbons (Fsp3) is 0. The number of carbonyl (C=O) groups is 1. The predicted molar refractivity (Wildman–Crippen MR) is 111 cm³/mol. The van der Waals surface area contributed by atoms with Gasteiger partial charge in [-0.2, -0.15) is 5.10 Å². The van der Waals surface area contributed by atoms with Gasteiger partial charge in [-0.3, -0.25) is 4.79 Å². The second-order valence-corrected chi connectivity index (χ2v) is 7.51. The van der Waals surface area contributed by atoms with Crippen LogP contribution in [0.25, 0.3) is 21.3 Å². The fourth-order valence-electron chi connectivity index (χ4n) is 2.76. The molecule has 0 atom stereocenters. The van der Waals surface area contributed by atoms with Gasteiger partial charge in [0.2, 0.25) is 0 Å². The lowest BCUT2D eigenvalue weighted by Gasteiger charge is -2.02. The third kappa shape index (κ3) is 3.34. The maximum atomic E-state index is 12.7. The van der Waals surface area contributed by atoms with Crippen LogP contribution in [0.15, 0.2) is 75.6 Å². The van der Waals surface area contributed by atoms with Crippen molar-refractivity contribution in [2.45, 2.75) is 0 Å². The highest BCUT2D eigenvalue weighted by molar-refractivity contribution is 9.10. The highest BCUT2D eigenvalue weighted by Gasteiger charge is 2.19. The van der Waals surface area contributed by atoms with Crippen LogP contribution >= 0.6 is 27.3 Å². The number of nitrogens with zero attached hydrogens (tertiary/aromatic N) is 1. The molecule has 26 heavy (non-hydrogen) atoms. The van der Waals surface area contributed by atoms with Gasteiger partial charge in [-0.05, 0) is 35.2 Å². The number of nitrogens with one attached hydrogen (secondary N) is 2. The molecule has 6 heteroatoms. The average Bonchev–Trinajstić information content (AvgIpc) is 3.30. The van der Waals surface area contributed by atoms with Crippen LogP contribution < -0.4 is 5.43 Å². The first-order valence-corrected chi connectivity index (χ1v) is 9.63. The lowest BCUT2D eigenvalue weighted by molar-refractivity contribution is 0.0951. The van der Waals surface area contributed by atoms with Gasteiger partial charge in [-0.1, -0.05) is 52.3 Å². The van der Waals surface area contributed by atoms with Crippen molar-refractivity contribution in [3.05, 3.63) is 81.8 Å². The second kappa shape index (κ2) is 7.27. The van der Waals surface area contributed by atoms with Crippen LogP contribution in [-0.4, -0.2) is 17.1 Å². The highest BCUT2D eigenvalue weighted by Crippen LogP contribution is 2.35. The minimum absolute atomic E-state index is 0.266. The number of hydrogen-bond acceptors (Lipinski definition) is 3. The minimum Gasteiger partial charge on any atom is -0.350 e. The zero-order valence-electron chi connectivity index (χ0n) is 13.6. The lowest BCUT2D eigenvalue weighted by Crippen LogP contribution is -2.18. The van der Waals surface area contributed by atoms with Crippen molar-refractivity contribution in [3.8, 4) is 10.4 Å². The Morgan fingerprint density at radius 2 is 1.88 bits per heavy atom. The van der Waals surface area contributed by atoms with E-state index in [0.29, 0.717) is 5.69 Å². The third-order valence-corrected chi connectivity index (χ3v) is 5.37. The molecule has 0 aliphatic heterocycles. The molecule has 4 rings (SSSR count). The summed E-state index contributed by atoms with van der Waals surface area (Å²) in [6.45, 7) is 0. The van der Waals surface area contributed by atoms with Crippen molar-refractivity contribution >= 4 is 50.3 Å². The van der Waals surface area contributed by atoms with E-state index in [-0.39, 0.29) is 5.91 Å². The van der Waals surface area contributed by atoms with E-state index >= 15 is 0 Å². The van der Waals surface area contributed by atoms with Crippen LogP contribution in [-0.2, 0) is 0 Å². The van der Waals surface area contributed by atoms with Gasteiger partial charge in [0.25, 0.3) is 5.91 Å². The molecule has 128 valence electrons. The number of H-pyrrole nitrogens is 1. The Kier molecular flexibility index (Phi) is 4.69. The fourth-order valence-corrected chi connectivity index (χ4v) is 3.81. The number of hydrazone groups is 1. The first-order valence-electron chi connectivity index (χ1n) is 7.96. The summed E-state index contributed by atoms with van der Waals surface area (Å²) < 4.78 is 0.998. The Morgan fingerprint density at radius 1 is 1.08 bits per heavy atom. The van der Waals surface area contributed by atoms with E-state index in [0.717, 1.165) is 31.4 Å². The number of halogens is 1. The van der Waals surface area contributed by atoms with Gasteiger partial charge >= 0.3 is 0 Å². The quantitative estimate of drug-likeness (QED) is 0.334. The Hall–Kier alpha value is -2.70. The van der Waals surface area contributed by atoms with E-state index < -0.39 is 0 Å². The van der Waals surface area contributed by atoms with Crippen LogP contribution in [0.1, 0.15) is 16.1 Å². The number of benzene rings is 2. The first-order chi connectivity index (χ1) is 12.7. The topological polar surface area (TPSA) is 57.2 Å². The molecule has 1 amide bonds. The first kappa shape index (κ1) is 16.8. The average molecular weight is 424 g/mol. The molecule has 0 aliphatic carbocycles. The Balaban J connectivity index is 1.64. The molecule has 0 saturated heterocycles. The van der Waals surface area contributed by atoms with Crippen LogP contribution in [0.3, 0.4) is 0 Å². The molecule has 2 aromatic heterocycles. The molecule has 0 saturated carbocycles. The summed E-state index contributed by atoms with van der Waals surface area (Å²) >= 11 is 5.00. The van der Waals surface area contributed by atoms with Crippen molar-refractivity contribution in [2.75, 3.05) is 0 Å². The number of fused-ring (bicyclic) bond motifs is 1. The summed E-state index contributed by atoms with van der Waals surface area (Å²) in [6, 6.07) is 19.6. The number of rotatable bonds is 4. The van der Waals surface area contributed by atoms with Crippen molar-refractivity contribution in [2.24, 2.45) is 5.10 Å². The molecular formula is C20H14BrN3OS. The molecule has 0 bridgehead atoms. The SMILES string of the molecule is O=C(N/N=C\c1ccc(Br)cc1)c1[nH]c2ccccc2c1-c1cccs1. The third-order valence-electron chi connectivity index (χ3n) is 3.95. The number of carbonyl (C=O) groups excluding carboxylic acids is 1. The molecule has 2 N–H and O–H groups in total. The van der Waals surface area contributed by atoms with Gasteiger partial charge in [0.05, 0.1) is 6.21 Å². The smallest absolute Gasteiger partial charge is 0.288 e. The van der Waals surface area contributed by atoms with E-state index in [1.54, 1.807) is 17.6 Å². The van der Waals surface area contributed by atoms with Crippen molar-refractivity contribution in [1.82, 2.24) is 10.4 Å². The summed E-state index contributed by atoms with van der Waals surface area (Å²) in [6.07, 6.45) is 1.62. The number of aromatic nitrogens is 1. The summed E-state index contributed by atoms with van der Waals surface area (Å²) in [5.74, 6) is -0.266. The summed E-state index contributed by atoms with van der Waals surface area (Å²) in [5.41, 5.74) is 5.88.